The minimum absolute atomic E-state index is 0.134. The third kappa shape index (κ3) is 2.27. The SMILES string of the molecule is CC1=CCN(C(=O)c2ccnc(F)c2)CC1. The zero-order chi connectivity index (χ0) is 11.5. The largest absolute Gasteiger partial charge is 0.335 e. The molecule has 4 heteroatoms. The molecule has 1 aliphatic heterocycles. The van der Waals surface area contributed by atoms with Gasteiger partial charge in [0.25, 0.3) is 5.91 Å². The minimum atomic E-state index is -0.616. The van der Waals surface area contributed by atoms with E-state index >= 15 is 0 Å². The second-order valence-corrected chi connectivity index (χ2v) is 3.92. The molecule has 1 aliphatic rings. The Morgan fingerprint density at radius 1 is 1.56 bits per heavy atom. The maximum atomic E-state index is 12.9. The maximum Gasteiger partial charge on any atom is 0.254 e. The molecule has 0 radical (unpaired) electrons. The minimum Gasteiger partial charge on any atom is -0.335 e. The number of carbonyl (C=O) groups excluding carboxylic acids is 1. The van der Waals surface area contributed by atoms with Crippen molar-refractivity contribution in [1.82, 2.24) is 9.88 Å². The smallest absolute Gasteiger partial charge is 0.254 e. The van der Waals surface area contributed by atoms with Gasteiger partial charge >= 0.3 is 0 Å². The van der Waals surface area contributed by atoms with E-state index in [9.17, 15) is 9.18 Å². The molecule has 0 saturated carbocycles. The van der Waals surface area contributed by atoms with Crippen LogP contribution in [-0.4, -0.2) is 28.9 Å². The molecule has 3 nitrogen and oxygen atoms in total. The zero-order valence-electron chi connectivity index (χ0n) is 9.11. The van der Waals surface area contributed by atoms with Crippen molar-refractivity contribution >= 4 is 5.91 Å². The highest BCUT2D eigenvalue weighted by molar-refractivity contribution is 5.94. The van der Waals surface area contributed by atoms with E-state index < -0.39 is 5.95 Å². The summed E-state index contributed by atoms with van der Waals surface area (Å²) in [4.78, 5) is 17.1. The summed E-state index contributed by atoms with van der Waals surface area (Å²) in [5, 5.41) is 0. The molecular weight excluding hydrogens is 207 g/mol. The third-order valence-corrected chi connectivity index (χ3v) is 2.70. The summed E-state index contributed by atoms with van der Waals surface area (Å²) in [6.07, 6.45) is 4.23. The number of hydrogen-bond donors (Lipinski definition) is 0. The van der Waals surface area contributed by atoms with Gasteiger partial charge in [0.2, 0.25) is 5.95 Å². The summed E-state index contributed by atoms with van der Waals surface area (Å²) in [7, 11) is 0. The van der Waals surface area contributed by atoms with Gasteiger partial charge in [-0.3, -0.25) is 4.79 Å². The van der Waals surface area contributed by atoms with Gasteiger partial charge in [0.1, 0.15) is 0 Å². The highest BCUT2D eigenvalue weighted by Crippen LogP contribution is 2.13. The molecule has 2 heterocycles. The maximum absolute atomic E-state index is 12.9. The Labute approximate surface area is 93.6 Å². The van der Waals surface area contributed by atoms with Crippen LogP contribution in [0.3, 0.4) is 0 Å². The first-order chi connectivity index (χ1) is 7.66. The summed E-state index contributed by atoms with van der Waals surface area (Å²) in [6, 6.07) is 2.71. The molecule has 1 aromatic rings. The average Bonchev–Trinajstić information content (AvgIpc) is 2.29. The van der Waals surface area contributed by atoms with E-state index in [-0.39, 0.29) is 5.91 Å². The average molecular weight is 220 g/mol. The normalized spacial score (nSPS) is 15.9. The van der Waals surface area contributed by atoms with Crippen LogP contribution in [0.4, 0.5) is 4.39 Å². The summed E-state index contributed by atoms with van der Waals surface area (Å²) >= 11 is 0. The Morgan fingerprint density at radius 3 is 3.00 bits per heavy atom. The molecule has 84 valence electrons. The van der Waals surface area contributed by atoms with E-state index in [1.807, 2.05) is 13.0 Å². The van der Waals surface area contributed by atoms with Crippen LogP contribution in [0.15, 0.2) is 30.0 Å². The number of amides is 1. The van der Waals surface area contributed by atoms with Gasteiger partial charge in [-0.25, -0.2) is 4.98 Å². The van der Waals surface area contributed by atoms with Crippen molar-refractivity contribution in [3.05, 3.63) is 41.5 Å². The predicted octanol–water partition coefficient (Wildman–Crippen LogP) is 2.01. The quantitative estimate of drug-likeness (QED) is 0.536. The molecule has 0 unspecified atom stereocenters. The molecule has 16 heavy (non-hydrogen) atoms. The van der Waals surface area contributed by atoms with Crippen molar-refractivity contribution in [2.24, 2.45) is 0 Å². The fraction of sp³-hybridized carbons (Fsp3) is 0.333. The van der Waals surface area contributed by atoms with Gasteiger partial charge in [0.15, 0.2) is 0 Å². The molecule has 0 aliphatic carbocycles. The predicted molar refractivity (Wildman–Crippen MR) is 58.5 cm³/mol. The Bertz CT molecular complexity index is 442. The molecule has 2 rings (SSSR count). The van der Waals surface area contributed by atoms with Gasteiger partial charge < -0.3 is 4.90 Å². The monoisotopic (exact) mass is 220 g/mol. The van der Waals surface area contributed by atoms with Crippen molar-refractivity contribution in [2.45, 2.75) is 13.3 Å². The van der Waals surface area contributed by atoms with Gasteiger partial charge in [-0.05, 0) is 19.4 Å². The highest BCUT2D eigenvalue weighted by atomic mass is 19.1. The van der Waals surface area contributed by atoms with Gasteiger partial charge in [0, 0.05) is 30.9 Å². The van der Waals surface area contributed by atoms with Gasteiger partial charge in [-0.1, -0.05) is 11.6 Å². The highest BCUT2D eigenvalue weighted by Gasteiger charge is 2.17. The van der Waals surface area contributed by atoms with E-state index in [0.29, 0.717) is 18.7 Å². The number of carbonyl (C=O) groups is 1. The lowest BCUT2D eigenvalue weighted by Crippen LogP contribution is -2.34. The van der Waals surface area contributed by atoms with Crippen LogP contribution < -0.4 is 0 Å². The first-order valence-corrected chi connectivity index (χ1v) is 5.23. The van der Waals surface area contributed by atoms with Crippen molar-refractivity contribution < 1.29 is 9.18 Å². The van der Waals surface area contributed by atoms with E-state index in [4.69, 9.17) is 0 Å². The molecule has 0 spiro atoms. The third-order valence-electron chi connectivity index (χ3n) is 2.70. The van der Waals surface area contributed by atoms with E-state index in [0.717, 1.165) is 6.42 Å². The number of pyridine rings is 1. The first kappa shape index (κ1) is 10.8. The van der Waals surface area contributed by atoms with Crippen LogP contribution in [0.1, 0.15) is 23.7 Å². The number of halogens is 1. The van der Waals surface area contributed by atoms with E-state index in [1.54, 1.807) is 4.90 Å². The van der Waals surface area contributed by atoms with Crippen molar-refractivity contribution in [1.29, 1.82) is 0 Å². The lowest BCUT2D eigenvalue weighted by Gasteiger charge is -2.25. The second-order valence-electron chi connectivity index (χ2n) is 3.92. The number of nitrogens with zero attached hydrogens (tertiary/aromatic N) is 2. The molecule has 1 amide bonds. The van der Waals surface area contributed by atoms with Crippen molar-refractivity contribution in [2.75, 3.05) is 13.1 Å². The second kappa shape index (κ2) is 4.43. The van der Waals surface area contributed by atoms with Crippen LogP contribution in [0.25, 0.3) is 0 Å². The fourth-order valence-corrected chi connectivity index (χ4v) is 1.67. The van der Waals surface area contributed by atoms with E-state index in [1.165, 1.54) is 23.9 Å². The molecule has 0 aromatic carbocycles. The van der Waals surface area contributed by atoms with Crippen LogP contribution in [0.2, 0.25) is 0 Å². The van der Waals surface area contributed by atoms with Crippen LogP contribution in [0, 0.1) is 5.95 Å². The lowest BCUT2D eigenvalue weighted by molar-refractivity contribution is 0.0768. The molecule has 0 N–H and O–H groups in total. The molecule has 0 saturated heterocycles. The summed E-state index contributed by atoms with van der Waals surface area (Å²) in [6.45, 7) is 3.35. The number of aromatic nitrogens is 1. The van der Waals surface area contributed by atoms with Gasteiger partial charge in [-0.2, -0.15) is 4.39 Å². The lowest BCUT2D eigenvalue weighted by atomic mass is 10.1. The fourth-order valence-electron chi connectivity index (χ4n) is 1.67. The topological polar surface area (TPSA) is 33.2 Å². The van der Waals surface area contributed by atoms with Crippen molar-refractivity contribution in [3.63, 3.8) is 0 Å². The van der Waals surface area contributed by atoms with Gasteiger partial charge in [-0.15, -0.1) is 0 Å². The molecule has 0 bridgehead atoms. The molecule has 0 fully saturated rings. The number of hydrogen-bond acceptors (Lipinski definition) is 2. The summed E-state index contributed by atoms with van der Waals surface area (Å²) in [5.74, 6) is -0.750. The summed E-state index contributed by atoms with van der Waals surface area (Å²) in [5.41, 5.74) is 1.66. The van der Waals surface area contributed by atoms with Crippen LogP contribution >= 0.6 is 0 Å². The van der Waals surface area contributed by atoms with Crippen LogP contribution in [0.5, 0.6) is 0 Å². The molecular formula is C12H13FN2O. The number of rotatable bonds is 1. The first-order valence-electron chi connectivity index (χ1n) is 5.23. The standard InChI is InChI=1S/C12H13FN2O/c1-9-3-6-15(7-4-9)12(16)10-2-5-14-11(13)8-10/h2-3,5,8H,4,6-7H2,1H3. The zero-order valence-corrected chi connectivity index (χ0v) is 9.11. The summed E-state index contributed by atoms with van der Waals surface area (Å²) < 4.78 is 12.9. The Hall–Kier alpha value is -1.71. The Kier molecular flexibility index (Phi) is 2.99. The Morgan fingerprint density at radius 2 is 2.38 bits per heavy atom. The van der Waals surface area contributed by atoms with Crippen LogP contribution in [-0.2, 0) is 0 Å². The van der Waals surface area contributed by atoms with Crippen molar-refractivity contribution in [3.8, 4) is 0 Å². The van der Waals surface area contributed by atoms with Gasteiger partial charge in [0.05, 0.1) is 0 Å². The molecule has 0 atom stereocenters. The Balaban J connectivity index is 2.14. The van der Waals surface area contributed by atoms with E-state index in [2.05, 4.69) is 4.98 Å². The molecule has 1 aromatic heterocycles.